The number of amides is 1. The molecule has 0 saturated heterocycles. The highest BCUT2D eigenvalue weighted by molar-refractivity contribution is 6.30. The first kappa shape index (κ1) is 19.8. The van der Waals surface area contributed by atoms with Gasteiger partial charge in [0, 0.05) is 35.1 Å². The summed E-state index contributed by atoms with van der Waals surface area (Å²) in [4.78, 5) is 28.9. The predicted molar refractivity (Wildman–Crippen MR) is 118 cm³/mol. The Morgan fingerprint density at radius 1 is 0.967 bits per heavy atom. The lowest BCUT2D eigenvalue weighted by Gasteiger charge is -2.08. The van der Waals surface area contributed by atoms with Crippen molar-refractivity contribution in [2.45, 2.75) is 13.0 Å². The van der Waals surface area contributed by atoms with E-state index in [1.165, 1.54) is 10.7 Å². The van der Waals surface area contributed by atoms with Gasteiger partial charge in [0.2, 0.25) is 0 Å². The molecule has 0 atom stereocenters. The standard InChI is InChI=1S/C23H19ClN4O2/c24-18-9-6-17(7-10-18)20-12-13-22(29)28(27-20)15-3-14-25-23(30)21-11-8-16-4-1-2-5-19(16)26-21/h1-2,4-13H,3,14-15H2,(H,25,30). The highest BCUT2D eigenvalue weighted by Crippen LogP contribution is 2.18. The van der Waals surface area contributed by atoms with Crippen LogP contribution >= 0.6 is 11.6 Å². The first-order valence-electron chi connectivity index (χ1n) is 9.58. The van der Waals surface area contributed by atoms with Crippen LogP contribution in [0, 0.1) is 0 Å². The van der Waals surface area contributed by atoms with Crippen molar-refractivity contribution in [1.82, 2.24) is 20.1 Å². The fourth-order valence-corrected chi connectivity index (χ4v) is 3.22. The number of benzene rings is 2. The van der Waals surface area contributed by atoms with E-state index < -0.39 is 0 Å². The Labute approximate surface area is 178 Å². The Balaban J connectivity index is 1.36. The summed E-state index contributed by atoms with van der Waals surface area (Å²) in [7, 11) is 0. The molecule has 2 aromatic carbocycles. The number of hydrogen-bond acceptors (Lipinski definition) is 4. The van der Waals surface area contributed by atoms with Crippen molar-refractivity contribution in [3.05, 3.63) is 93.9 Å². The molecule has 7 heteroatoms. The predicted octanol–water partition coefficient (Wildman–Crippen LogP) is 3.93. The third-order valence-electron chi connectivity index (χ3n) is 4.67. The molecule has 2 aromatic heterocycles. The zero-order valence-electron chi connectivity index (χ0n) is 16.1. The summed E-state index contributed by atoms with van der Waals surface area (Å²) in [5.41, 5.74) is 2.53. The lowest BCUT2D eigenvalue weighted by atomic mass is 10.1. The number of carbonyl (C=O) groups is 1. The van der Waals surface area contributed by atoms with E-state index in [4.69, 9.17) is 11.6 Å². The monoisotopic (exact) mass is 418 g/mol. The Hall–Kier alpha value is -3.51. The quantitative estimate of drug-likeness (QED) is 0.481. The summed E-state index contributed by atoms with van der Waals surface area (Å²) in [6, 6.07) is 21.7. The molecule has 0 unspecified atom stereocenters. The molecule has 0 bridgehead atoms. The zero-order chi connectivity index (χ0) is 20.9. The van der Waals surface area contributed by atoms with Crippen LogP contribution in [0.1, 0.15) is 16.9 Å². The van der Waals surface area contributed by atoms with Crippen molar-refractivity contribution >= 4 is 28.4 Å². The van der Waals surface area contributed by atoms with Gasteiger partial charge in [-0.3, -0.25) is 9.59 Å². The van der Waals surface area contributed by atoms with Gasteiger partial charge in [0.1, 0.15) is 5.69 Å². The van der Waals surface area contributed by atoms with E-state index in [0.717, 1.165) is 16.5 Å². The second kappa shape index (κ2) is 8.88. The summed E-state index contributed by atoms with van der Waals surface area (Å²) < 4.78 is 1.41. The molecule has 0 fully saturated rings. The van der Waals surface area contributed by atoms with Crippen LogP contribution in [0.5, 0.6) is 0 Å². The lowest BCUT2D eigenvalue weighted by Crippen LogP contribution is -2.28. The lowest BCUT2D eigenvalue weighted by molar-refractivity contribution is 0.0948. The molecule has 0 aliphatic carbocycles. The van der Waals surface area contributed by atoms with Gasteiger partial charge in [-0.1, -0.05) is 48.0 Å². The topological polar surface area (TPSA) is 76.9 Å². The molecular weight excluding hydrogens is 400 g/mol. The normalized spacial score (nSPS) is 10.8. The van der Waals surface area contributed by atoms with Crippen LogP contribution in [-0.4, -0.2) is 27.2 Å². The summed E-state index contributed by atoms with van der Waals surface area (Å²) in [5, 5.41) is 8.89. The SMILES string of the molecule is O=C(NCCCn1nc(-c2ccc(Cl)cc2)ccc1=O)c1ccc2ccccc2n1. The number of hydrogen-bond donors (Lipinski definition) is 1. The van der Waals surface area contributed by atoms with Gasteiger partial charge in [-0.25, -0.2) is 9.67 Å². The Kier molecular flexibility index (Phi) is 5.86. The summed E-state index contributed by atoms with van der Waals surface area (Å²) in [5.74, 6) is -0.240. The maximum absolute atomic E-state index is 12.4. The van der Waals surface area contributed by atoms with Crippen molar-refractivity contribution in [1.29, 1.82) is 0 Å². The second-order valence-electron chi connectivity index (χ2n) is 6.79. The maximum Gasteiger partial charge on any atom is 0.269 e. The molecule has 0 radical (unpaired) electrons. The summed E-state index contributed by atoms with van der Waals surface area (Å²) >= 11 is 5.92. The molecule has 6 nitrogen and oxygen atoms in total. The van der Waals surface area contributed by atoms with Gasteiger partial charge in [0.05, 0.1) is 11.2 Å². The number of aryl methyl sites for hydroxylation is 1. The summed E-state index contributed by atoms with van der Waals surface area (Å²) in [6.45, 7) is 0.804. The van der Waals surface area contributed by atoms with Crippen LogP contribution in [0.25, 0.3) is 22.2 Å². The van der Waals surface area contributed by atoms with Crippen LogP contribution in [-0.2, 0) is 6.54 Å². The molecule has 0 aliphatic rings. The molecule has 150 valence electrons. The van der Waals surface area contributed by atoms with Crippen LogP contribution in [0.4, 0.5) is 0 Å². The number of rotatable bonds is 6. The van der Waals surface area contributed by atoms with Crippen molar-refractivity contribution in [3.8, 4) is 11.3 Å². The van der Waals surface area contributed by atoms with E-state index in [1.54, 1.807) is 24.3 Å². The van der Waals surface area contributed by atoms with Crippen LogP contribution in [0.15, 0.2) is 77.6 Å². The van der Waals surface area contributed by atoms with E-state index >= 15 is 0 Å². The minimum absolute atomic E-state index is 0.185. The van der Waals surface area contributed by atoms with Crippen LogP contribution in [0.2, 0.25) is 5.02 Å². The average molecular weight is 419 g/mol. The number of nitrogens with zero attached hydrogens (tertiary/aromatic N) is 3. The number of nitrogens with one attached hydrogen (secondary N) is 1. The minimum Gasteiger partial charge on any atom is -0.351 e. The number of para-hydroxylation sites is 1. The van der Waals surface area contributed by atoms with E-state index in [0.29, 0.717) is 35.9 Å². The second-order valence-corrected chi connectivity index (χ2v) is 7.22. The van der Waals surface area contributed by atoms with E-state index in [1.807, 2.05) is 42.5 Å². The summed E-state index contributed by atoms with van der Waals surface area (Å²) in [6.07, 6.45) is 0.566. The molecule has 0 aliphatic heterocycles. The van der Waals surface area contributed by atoms with Gasteiger partial charge in [-0.15, -0.1) is 0 Å². The van der Waals surface area contributed by atoms with Gasteiger partial charge >= 0.3 is 0 Å². The van der Waals surface area contributed by atoms with Crippen molar-refractivity contribution in [2.24, 2.45) is 0 Å². The van der Waals surface area contributed by atoms with Gasteiger partial charge in [0.25, 0.3) is 11.5 Å². The number of pyridine rings is 1. The van der Waals surface area contributed by atoms with Crippen molar-refractivity contribution < 1.29 is 4.79 Å². The highest BCUT2D eigenvalue weighted by Gasteiger charge is 2.08. The largest absolute Gasteiger partial charge is 0.351 e. The number of fused-ring (bicyclic) bond motifs is 1. The molecule has 30 heavy (non-hydrogen) atoms. The van der Waals surface area contributed by atoms with Crippen LogP contribution < -0.4 is 10.9 Å². The Bertz CT molecular complexity index is 1250. The maximum atomic E-state index is 12.4. The zero-order valence-corrected chi connectivity index (χ0v) is 16.8. The van der Waals surface area contributed by atoms with Gasteiger partial charge in [0.15, 0.2) is 0 Å². The van der Waals surface area contributed by atoms with E-state index in [-0.39, 0.29) is 11.5 Å². The highest BCUT2D eigenvalue weighted by atomic mass is 35.5. The molecule has 0 saturated carbocycles. The molecule has 1 amide bonds. The molecule has 0 spiro atoms. The molecule has 2 heterocycles. The number of halogens is 1. The number of aromatic nitrogens is 3. The van der Waals surface area contributed by atoms with E-state index in [2.05, 4.69) is 15.4 Å². The van der Waals surface area contributed by atoms with Gasteiger partial charge in [-0.2, -0.15) is 5.10 Å². The fourth-order valence-electron chi connectivity index (χ4n) is 3.10. The molecule has 4 rings (SSSR count). The van der Waals surface area contributed by atoms with Crippen molar-refractivity contribution in [3.63, 3.8) is 0 Å². The third kappa shape index (κ3) is 4.55. The molecule has 4 aromatic rings. The Morgan fingerprint density at radius 2 is 1.77 bits per heavy atom. The third-order valence-corrected chi connectivity index (χ3v) is 4.92. The first-order chi connectivity index (χ1) is 14.6. The number of carbonyl (C=O) groups excluding carboxylic acids is 1. The average Bonchev–Trinajstić information content (AvgIpc) is 2.78. The van der Waals surface area contributed by atoms with Gasteiger partial charge in [-0.05, 0) is 36.8 Å². The Morgan fingerprint density at radius 3 is 2.60 bits per heavy atom. The van der Waals surface area contributed by atoms with Crippen molar-refractivity contribution in [2.75, 3.05) is 6.54 Å². The molecular formula is C23H19ClN4O2. The smallest absolute Gasteiger partial charge is 0.269 e. The minimum atomic E-state index is -0.240. The molecule has 1 N–H and O–H groups in total. The fraction of sp³-hybridized carbons (Fsp3) is 0.130. The van der Waals surface area contributed by atoms with Gasteiger partial charge < -0.3 is 5.32 Å². The van der Waals surface area contributed by atoms with E-state index in [9.17, 15) is 9.59 Å². The first-order valence-corrected chi connectivity index (χ1v) is 9.96. The van der Waals surface area contributed by atoms with Crippen LogP contribution in [0.3, 0.4) is 0 Å².